The van der Waals surface area contributed by atoms with Gasteiger partial charge in [-0.2, -0.15) is 0 Å². The Kier molecular flexibility index (Phi) is 6.08. The highest BCUT2D eigenvalue weighted by Gasteiger charge is 2.30. The molecule has 1 N–H and O–H groups in total. The summed E-state index contributed by atoms with van der Waals surface area (Å²) in [5.41, 5.74) is 3.02. The fourth-order valence-electron chi connectivity index (χ4n) is 3.08. The summed E-state index contributed by atoms with van der Waals surface area (Å²) in [7, 11) is 4.01. The monoisotopic (exact) mass is 369 g/mol. The molecule has 27 heavy (non-hydrogen) atoms. The van der Waals surface area contributed by atoms with Crippen LogP contribution in [0.3, 0.4) is 0 Å². The van der Waals surface area contributed by atoms with E-state index >= 15 is 0 Å². The molecule has 1 aromatic heterocycles. The molecule has 0 aliphatic carbocycles. The van der Waals surface area contributed by atoms with Crippen LogP contribution in [-0.2, 0) is 9.53 Å². The third kappa shape index (κ3) is 5.28. The molecule has 0 saturated carbocycles. The number of amides is 1. The average Bonchev–Trinajstić information content (AvgIpc) is 3.08. The van der Waals surface area contributed by atoms with E-state index in [0.29, 0.717) is 11.6 Å². The molecule has 1 aliphatic heterocycles. The van der Waals surface area contributed by atoms with Crippen molar-refractivity contribution in [3.8, 4) is 11.6 Å². The van der Waals surface area contributed by atoms with Gasteiger partial charge >= 0.3 is 0 Å². The summed E-state index contributed by atoms with van der Waals surface area (Å²) >= 11 is 0. The number of benzene rings is 1. The lowest BCUT2D eigenvalue weighted by molar-refractivity contribution is -0.126. The standard InChI is InChI=1S/C21H27N3O3/c1-14-5-7-17(11-15(14)2)27-20-10-6-16(12-22-20)23-21(25)19-9-8-18(26-19)13-24(3)4/h5-7,10-12,18-19H,8-9,13H2,1-4H3,(H,23,25)/t18-,19-/m0/s1. The van der Waals surface area contributed by atoms with Crippen LogP contribution in [0.4, 0.5) is 5.69 Å². The quantitative estimate of drug-likeness (QED) is 0.844. The van der Waals surface area contributed by atoms with E-state index in [9.17, 15) is 4.79 Å². The maximum Gasteiger partial charge on any atom is 0.253 e. The number of ether oxygens (including phenoxy) is 2. The number of hydrogen-bond donors (Lipinski definition) is 1. The lowest BCUT2D eigenvalue weighted by Crippen LogP contribution is -2.31. The minimum Gasteiger partial charge on any atom is -0.439 e. The largest absolute Gasteiger partial charge is 0.439 e. The SMILES string of the molecule is Cc1ccc(Oc2ccc(NC(=O)[C@@H]3CC[C@@H](CN(C)C)O3)cn2)cc1C. The number of likely N-dealkylation sites (N-methyl/N-ethyl adjacent to an activating group) is 1. The molecular formula is C21H27N3O3. The van der Waals surface area contributed by atoms with E-state index in [1.165, 1.54) is 11.1 Å². The number of aromatic nitrogens is 1. The fourth-order valence-corrected chi connectivity index (χ4v) is 3.08. The molecule has 6 heteroatoms. The smallest absolute Gasteiger partial charge is 0.253 e. The van der Waals surface area contributed by atoms with Crippen molar-refractivity contribution < 1.29 is 14.3 Å². The fraction of sp³-hybridized carbons (Fsp3) is 0.429. The van der Waals surface area contributed by atoms with Crippen LogP contribution >= 0.6 is 0 Å². The summed E-state index contributed by atoms with van der Waals surface area (Å²) in [5.74, 6) is 1.11. The Morgan fingerprint density at radius 1 is 1.22 bits per heavy atom. The number of aryl methyl sites for hydroxylation is 2. The Morgan fingerprint density at radius 2 is 2.04 bits per heavy atom. The molecule has 0 unspecified atom stereocenters. The molecule has 2 aromatic rings. The van der Waals surface area contributed by atoms with Gasteiger partial charge in [0.15, 0.2) is 0 Å². The Balaban J connectivity index is 1.54. The molecule has 1 aromatic carbocycles. The van der Waals surface area contributed by atoms with Gasteiger partial charge in [0.1, 0.15) is 11.9 Å². The first-order chi connectivity index (χ1) is 12.9. The molecule has 0 radical (unpaired) electrons. The number of pyridine rings is 1. The second-order valence-corrected chi connectivity index (χ2v) is 7.31. The molecule has 144 valence electrons. The van der Waals surface area contributed by atoms with Crippen molar-refractivity contribution in [2.45, 2.75) is 38.9 Å². The Labute approximate surface area is 160 Å². The maximum atomic E-state index is 12.4. The minimum atomic E-state index is -0.401. The molecule has 3 rings (SSSR count). The summed E-state index contributed by atoms with van der Waals surface area (Å²) in [6.07, 6.45) is 2.95. The van der Waals surface area contributed by atoms with Gasteiger partial charge in [0.25, 0.3) is 5.91 Å². The van der Waals surface area contributed by atoms with Gasteiger partial charge in [-0.05, 0) is 70.1 Å². The van der Waals surface area contributed by atoms with Crippen molar-refractivity contribution in [1.82, 2.24) is 9.88 Å². The third-order valence-electron chi connectivity index (χ3n) is 4.67. The van der Waals surface area contributed by atoms with Gasteiger partial charge in [-0.25, -0.2) is 4.98 Å². The Bertz CT molecular complexity index is 790. The van der Waals surface area contributed by atoms with Crippen molar-refractivity contribution in [2.75, 3.05) is 26.0 Å². The van der Waals surface area contributed by atoms with E-state index in [2.05, 4.69) is 22.1 Å². The van der Waals surface area contributed by atoms with Gasteiger partial charge in [0, 0.05) is 12.6 Å². The van der Waals surface area contributed by atoms with Gasteiger partial charge in [-0.15, -0.1) is 0 Å². The van der Waals surface area contributed by atoms with Crippen molar-refractivity contribution in [1.29, 1.82) is 0 Å². The van der Waals surface area contributed by atoms with E-state index in [1.807, 2.05) is 39.2 Å². The third-order valence-corrected chi connectivity index (χ3v) is 4.67. The molecule has 1 fully saturated rings. The highest BCUT2D eigenvalue weighted by Crippen LogP contribution is 2.24. The van der Waals surface area contributed by atoms with Gasteiger partial charge in [0.05, 0.1) is 18.0 Å². The van der Waals surface area contributed by atoms with Crippen LogP contribution in [0.2, 0.25) is 0 Å². The predicted octanol–water partition coefficient (Wildman–Crippen LogP) is 3.54. The minimum absolute atomic E-state index is 0.114. The molecule has 6 nitrogen and oxygen atoms in total. The number of carbonyl (C=O) groups excluding carboxylic acids is 1. The molecule has 2 heterocycles. The van der Waals surface area contributed by atoms with Gasteiger partial charge < -0.3 is 19.7 Å². The molecule has 0 spiro atoms. The molecule has 1 amide bonds. The summed E-state index contributed by atoms with van der Waals surface area (Å²) in [4.78, 5) is 18.7. The highest BCUT2D eigenvalue weighted by molar-refractivity contribution is 5.94. The van der Waals surface area contributed by atoms with Gasteiger partial charge in [0.2, 0.25) is 5.88 Å². The van der Waals surface area contributed by atoms with E-state index in [1.54, 1.807) is 18.3 Å². The first kappa shape index (κ1) is 19.3. The summed E-state index contributed by atoms with van der Waals surface area (Å²) in [6, 6.07) is 9.45. The van der Waals surface area contributed by atoms with E-state index in [4.69, 9.17) is 9.47 Å². The number of rotatable bonds is 6. The summed E-state index contributed by atoms with van der Waals surface area (Å²) in [5, 5.41) is 2.87. The topological polar surface area (TPSA) is 63.7 Å². The van der Waals surface area contributed by atoms with Crippen LogP contribution in [-0.4, -0.2) is 48.6 Å². The first-order valence-corrected chi connectivity index (χ1v) is 9.23. The van der Waals surface area contributed by atoms with Crippen LogP contribution in [0, 0.1) is 13.8 Å². The molecule has 1 saturated heterocycles. The molecule has 2 atom stereocenters. The number of nitrogens with one attached hydrogen (secondary N) is 1. The van der Waals surface area contributed by atoms with Crippen LogP contribution in [0.1, 0.15) is 24.0 Å². The lowest BCUT2D eigenvalue weighted by Gasteiger charge is -2.17. The Morgan fingerprint density at radius 3 is 2.70 bits per heavy atom. The number of nitrogens with zero attached hydrogens (tertiary/aromatic N) is 2. The van der Waals surface area contributed by atoms with E-state index < -0.39 is 6.10 Å². The van der Waals surface area contributed by atoms with Gasteiger partial charge in [-0.1, -0.05) is 6.07 Å². The van der Waals surface area contributed by atoms with E-state index in [0.717, 1.165) is 25.1 Å². The zero-order chi connectivity index (χ0) is 19.4. The van der Waals surface area contributed by atoms with E-state index in [-0.39, 0.29) is 12.0 Å². The maximum absolute atomic E-state index is 12.4. The van der Waals surface area contributed by atoms with Crippen LogP contribution < -0.4 is 10.1 Å². The summed E-state index contributed by atoms with van der Waals surface area (Å²) < 4.78 is 11.6. The van der Waals surface area contributed by atoms with Gasteiger partial charge in [-0.3, -0.25) is 4.79 Å². The van der Waals surface area contributed by atoms with Crippen molar-refractivity contribution in [3.63, 3.8) is 0 Å². The predicted molar refractivity (Wildman–Crippen MR) is 105 cm³/mol. The molecule has 0 bridgehead atoms. The van der Waals surface area contributed by atoms with Crippen LogP contribution in [0.15, 0.2) is 36.5 Å². The Hall–Kier alpha value is -2.44. The normalized spacial score (nSPS) is 19.3. The lowest BCUT2D eigenvalue weighted by atomic mass is 10.1. The van der Waals surface area contributed by atoms with Crippen LogP contribution in [0.5, 0.6) is 11.6 Å². The molecular weight excluding hydrogens is 342 g/mol. The van der Waals surface area contributed by atoms with Crippen molar-refractivity contribution in [2.24, 2.45) is 0 Å². The summed E-state index contributed by atoms with van der Waals surface area (Å²) in [6.45, 7) is 4.93. The number of hydrogen-bond acceptors (Lipinski definition) is 5. The first-order valence-electron chi connectivity index (χ1n) is 9.23. The average molecular weight is 369 g/mol. The zero-order valence-electron chi connectivity index (χ0n) is 16.4. The zero-order valence-corrected chi connectivity index (χ0v) is 16.4. The molecule has 1 aliphatic rings. The van der Waals surface area contributed by atoms with Crippen molar-refractivity contribution >= 4 is 11.6 Å². The van der Waals surface area contributed by atoms with Crippen LogP contribution in [0.25, 0.3) is 0 Å². The highest BCUT2D eigenvalue weighted by atomic mass is 16.5. The second kappa shape index (κ2) is 8.50. The second-order valence-electron chi connectivity index (χ2n) is 7.31. The van der Waals surface area contributed by atoms with Crippen molar-refractivity contribution in [3.05, 3.63) is 47.7 Å². The number of anilines is 1. The number of carbonyl (C=O) groups is 1.